The Kier molecular flexibility index (Phi) is 12.4. The predicted octanol–water partition coefficient (Wildman–Crippen LogP) is 2.94. The second kappa shape index (κ2) is 13.1. The van der Waals surface area contributed by atoms with E-state index >= 15 is 0 Å². The highest BCUT2D eigenvalue weighted by Crippen LogP contribution is 2.48. The van der Waals surface area contributed by atoms with E-state index in [0.29, 0.717) is 52.9 Å². The molecule has 9 nitrogen and oxygen atoms in total. The van der Waals surface area contributed by atoms with Gasteiger partial charge in [0.1, 0.15) is 0 Å². The summed E-state index contributed by atoms with van der Waals surface area (Å²) in [7, 11) is -10.4. The van der Waals surface area contributed by atoms with Crippen molar-refractivity contribution in [3.8, 4) is 0 Å². The third-order valence-corrected chi connectivity index (χ3v) is 27.9. The molecule has 0 amide bonds. The zero-order valence-electron chi connectivity index (χ0n) is 20.0. The highest BCUT2D eigenvalue weighted by atomic mass is 29.7. The van der Waals surface area contributed by atoms with Crippen LogP contribution in [0.15, 0.2) is 0 Å². The van der Waals surface area contributed by atoms with Crippen LogP contribution in [-0.4, -0.2) is 82.8 Å². The molecule has 0 unspecified atom stereocenters. The van der Waals surface area contributed by atoms with E-state index in [2.05, 4.69) is 0 Å². The molecular formula is C18H42O9Si3. The van der Waals surface area contributed by atoms with E-state index in [0.717, 1.165) is 0 Å². The molecule has 0 spiro atoms. The van der Waals surface area contributed by atoms with Crippen LogP contribution in [0, 0.1) is 0 Å². The van der Waals surface area contributed by atoms with Gasteiger partial charge < -0.3 is 40.5 Å². The van der Waals surface area contributed by atoms with Crippen LogP contribution in [0.2, 0.25) is 6.04 Å². The summed E-state index contributed by atoms with van der Waals surface area (Å²) in [6.45, 7) is 18.4. The van der Waals surface area contributed by atoms with E-state index in [1.165, 1.54) is 0 Å². The molecule has 0 aromatic heterocycles. The van der Waals surface area contributed by atoms with Crippen LogP contribution < -0.4 is 0 Å². The van der Waals surface area contributed by atoms with Gasteiger partial charge >= 0.3 is 24.0 Å². The molecule has 1 heterocycles. The van der Waals surface area contributed by atoms with Crippen LogP contribution in [0.5, 0.6) is 0 Å². The third-order valence-electron chi connectivity index (χ3n) is 4.49. The smallest absolute Gasteiger partial charge is 0.393 e. The fraction of sp³-hybridized carbons (Fsp3) is 1.00. The lowest BCUT2D eigenvalue weighted by Crippen LogP contribution is -2.91. The van der Waals surface area contributed by atoms with Gasteiger partial charge in [-0.3, -0.25) is 0 Å². The maximum atomic E-state index is 6.63. The van der Waals surface area contributed by atoms with Crippen molar-refractivity contribution in [2.24, 2.45) is 0 Å². The molecule has 0 aromatic carbocycles. The van der Waals surface area contributed by atoms with Crippen molar-refractivity contribution in [3.05, 3.63) is 0 Å². The Hall–Kier alpha value is 0.291. The summed E-state index contributed by atoms with van der Waals surface area (Å²) in [6, 6.07) is 0.254. The maximum absolute atomic E-state index is 6.63. The van der Waals surface area contributed by atoms with Crippen molar-refractivity contribution in [2.75, 3.05) is 52.9 Å². The molecule has 0 aliphatic carbocycles. The zero-order valence-corrected chi connectivity index (χ0v) is 23.0. The van der Waals surface area contributed by atoms with Gasteiger partial charge in [-0.2, -0.15) is 0 Å². The molecule has 0 atom stereocenters. The Morgan fingerprint density at radius 3 is 1.30 bits per heavy atom. The summed E-state index contributed by atoms with van der Waals surface area (Å²) >= 11 is 0. The molecule has 1 aliphatic heterocycles. The molecule has 30 heavy (non-hydrogen) atoms. The predicted molar refractivity (Wildman–Crippen MR) is 119 cm³/mol. The van der Waals surface area contributed by atoms with Crippen LogP contribution in [0.3, 0.4) is 0 Å². The first-order chi connectivity index (χ1) is 14.4. The molecule has 1 aliphatic rings. The normalized spacial score (nSPS) is 21.6. The Labute approximate surface area is 185 Å². The molecular weight excluding hydrogens is 444 g/mol. The van der Waals surface area contributed by atoms with Gasteiger partial charge in [0.15, 0.2) is 0 Å². The molecule has 0 bridgehead atoms. The van der Waals surface area contributed by atoms with Gasteiger partial charge in [0.25, 0.3) is 5.97 Å². The first-order valence-corrected chi connectivity index (χ1v) is 18.8. The van der Waals surface area contributed by atoms with Crippen molar-refractivity contribution in [1.82, 2.24) is 0 Å². The molecule has 0 aromatic rings. The summed E-state index contributed by atoms with van der Waals surface area (Å²) in [4.78, 5) is 0. The molecule has 1 rings (SSSR count). The fourth-order valence-electron chi connectivity index (χ4n) is 3.90. The summed E-state index contributed by atoms with van der Waals surface area (Å²) in [5.74, 6) is -1.40. The number of ether oxygens (including phenoxy) is 2. The third kappa shape index (κ3) is 5.43. The second-order valence-electron chi connectivity index (χ2n) is 6.35. The lowest BCUT2D eigenvalue weighted by Gasteiger charge is -2.56. The Morgan fingerprint density at radius 1 is 0.567 bits per heavy atom. The van der Waals surface area contributed by atoms with Crippen LogP contribution in [-0.2, 0) is 40.5 Å². The van der Waals surface area contributed by atoms with Crippen molar-refractivity contribution >= 4 is 24.0 Å². The fourth-order valence-corrected chi connectivity index (χ4v) is 30.7. The molecule has 12 heteroatoms. The monoisotopic (exact) mass is 486 g/mol. The number of hydrogen-bond acceptors (Lipinski definition) is 9. The summed E-state index contributed by atoms with van der Waals surface area (Å²) in [5.41, 5.74) is 0. The molecule has 1 fully saturated rings. The van der Waals surface area contributed by atoms with Crippen LogP contribution >= 0.6 is 0 Å². The van der Waals surface area contributed by atoms with Crippen LogP contribution in [0.4, 0.5) is 0 Å². The Bertz CT molecular complexity index is 430. The van der Waals surface area contributed by atoms with Gasteiger partial charge in [0.2, 0.25) is 0 Å². The SMILES string of the molecule is CCOC1(OCC)C[Si](OCC)(OCC)[Si](OCC)(OCC)[Si](OCC)(OCC)O1. The topological polar surface area (TPSA) is 83.1 Å². The largest absolute Gasteiger partial charge is 0.545 e. The first kappa shape index (κ1) is 28.3. The average Bonchev–Trinajstić information content (AvgIpc) is 2.68. The molecule has 180 valence electrons. The minimum atomic E-state index is -3.67. The van der Waals surface area contributed by atoms with Gasteiger partial charge in [0.05, 0.1) is 6.04 Å². The highest BCUT2D eigenvalue weighted by Gasteiger charge is 2.88. The summed E-state index contributed by atoms with van der Waals surface area (Å²) in [5, 5.41) is 0. The van der Waals surface area contributed by atoms with E-state index in [9.17, 15) is 0 Å². The van der Waals surface area contributed by atoms with E-state index in [1.807, 2.05) is 55.4 Å². The highest BCUT2D eigenvalue weighted by molar-refractivity contribution is 7.59. The minimum absolute atomic E-state index is 0.254. The van der Waals surface area contributed by atoms with Gasteiger partial charge in [-0.1, -0.05) is 0 Å². The molecule has 0 radical (unpaired) electrons. The zero-order chi connectivity index (χ0) is 22.7. The Morgan fingerprint density at radius 2 is 0.967 bits per heavy atom. The molecule has 1 saturated heterocycles. The quantitative estimate of drug-likeness (QED) is 0.241. The van der Waals surface area contributed by atoms with Gasteiger partial charge in [-0.15, -0.1) is 0 Å². The van der Waals surface area contributed by atoms with Gasteiger partial charge in [-0.25, -0.2) is 0 Å². The Balaban J connectivity index is 3.89. The van der Waals surface area contributed by atoms with E-state index in [4.69, 9.17) is 40.5 Å². The number of hydrogen-bond donors (Lipinski definition) is 0. The average molecular weight is 487 g/mol. The van der Waals surface area contributed by atoms with Crippen LogP contribution in [0.25, 0.3) is 0 Å². The number of rotatable bonds is 16. The van der Waals surface area contributed by atoms with Gasteiger partial charge in [0, 0.05) is 52.9 Å². The van der Waals surface area contributed by atoms with Crippen molar-refractivity contribution in [2.45, 2.75) is 67.4 Å². The first-order valence-electron chi connectivity index (χ1n) is 11.2. The standard InChI is InChI=1S/C18H42O9Si3/c1-9-19-18(20-10-2)17-28(21-11-3,22-12-4)30(25-15-7,26-16-8)29(27-18,23-13-5)24-14-6/h9-17H2,1-8H3. The summed E-state index contributed by atoms with van der Waals surface area (Å²) < 4.78 is 57.5. The summed E-state index contributed by atoms with van der Waals surface area (Å²) in [6.07, 6.45) is 0. The minimum Gasteiger partial charge on any atom is -0.393 e. The van der Waals surface area contributed by atoms with Crippen molar-refractivity contribution in [3.63, 3.8) is 0 Å². The van der Waals surface area contributed by atoms with Gasteiger partial charge in [-0.05, 0) is 55.4 Å². The molecule has 0 N–H and O–H groups in total. The second-order valence-corrected chi connectivity index (χ2v) is 22.1. The van der Waals surface area contributed by atoms with E-state index in [-0.39, 0.29) is 6.04 Å². The van der Waals surface area contributed by atoms with Crippen molar-refractivity contribution in [1.29, 1.82) is 0 Å². The lowest BCUT2D eigenvalue weighted by molar-refractivity contribution is -0.347. The van der Waals surface area contributed by atoms with Crippen molar-refractivity contribution < 1.29 is 40.5 Å². The lowest BCUT2D eigenvalue weighted by atomic mass is 10.6. The van der Waals surface area contributed by atoms with Crippen LogP contribution in [0.1, 0.15) is 55.4 Å². The maximum Gasteiger partial charge on any atom is 0.545 e. The van der Waals surface area contributed by atoms with E-state index in [1.54, 1.807) is 0 Å². The molecule has 0 saturated carbocycles. The van der Waals surface area contributed by atoms with E-state index < -0.39 is 30.0 Å².